The van der Waals surface area contributed by atoms with Crippen LogP contribution < -0.4 is 0 Å². The molecule has 1 aliphatic heterocycles. The Bertz CT molecular complexity index is 998. The normalized spacial score (nSPS) is 37.3. The lowest BCUT2D eigenvalue weighted by Crippen LogP contribution is -2.63. The van der Waals surface area contributed by atoms with Crippen molar-refractivity contribution < 1.29 is 38.1 Å². The highest BCUT2D eigenvalue weighted by molar-refractivity contribution is 5.72. The smallest absolute Gasteiger partial charge is 0.309 e. The van der Waals surface area contributed by atoms with Gasteiger partial charge in [-0.1, -0.05) is 52.0 Å². The number of esters is 3. The number of allylic oxidation sites excluding steroid dienone is 3. The monoisotopic (exact) mass is 532 g/mol. The zero-order chi connectivity index (χ0) is 28.4. The lowest BCUT2D eigenvalue weighted by Gasteiger charge is -2.61. The van der Waals surface area contributed by atoms with Crippen LogP contribution in [0.25, 0.3) is 0 Å². The molecular weight excluding hydrogens is 488 g/mol. The van der Waals surface area contributed by atoms with Gasteiger partial charge in [-0.05, 0) is 55.9 Å². The second kappa shape index (κ2) is 11.7. The molecule has 1 saturated heterocycles. The summed E-state index contributed by atoms with van der Waals surface area (Å²) in [7, 11) is 1.64. The van der Waals surface area contributed by atoms with Gasteiger partial charge in [0.1, 0.15) is 6.10 Å². The van der Waals surface area contributed by atoms with Crippen LogP contribution in [0.5, 0.6) is 0 Å². The largest absolute Gasteiger partial charge is 0.458 e. The van der Waals surface area contributed by atoms with Gasteiger partial charge in [0.2, 0.25) is 12.6 Å². The highest BCUT2D eigenvalue weighted by Gasteiger charge is 2.71. The summed E-state index contributed by atoms with van der Waals surface area (Å²) in [6.45, 7) is 16.8. The third-order valence-corrected chi connectivity index (χ3v) is 9.12. The lowest BCUT2D eigenvalue weighted by atomic mass is 9.45. The number of carbonyl (C=O) groups excluding carboxylic acids is 3. The number of methoxy groups -OCH3 is 1. The molecule has 3 rings (SSSR count). The van der Waals surface area contributed by atoms with Crippen LogP contribution in [0.1, 0.15) is 74.1 Å². The third kappa shape index (κ3) is 5.34. The van der Waals surface area contributed by atoms with Crippen molar-refractivity contribution >= 4 is 17.9 Å². The molecule has 1 saturated carbocycles. The molecule has 0 N–H and O–H groups in total. The highest BCUT2D eigenvalue weighted by Crippen LogP contribution is 2.67. The van der Waals surface area contributed by atoms with E-state index in [0.717, 1.165) is 12.0 Å². The van der Waals surface area contributed by atoms with Gasteiger partial charge >= 0.3 is 17.9 Å². The van der Waals surface area contributed by atoms with Crippen molar-refractivity contribution in [2.45, 2.75) is 98.9 Å². The van der Waals surface area contributed by atoms with Gasteiger partial charge in [0.05, 0.1) is 17.4 Å². The molecule has 2 aliphatic carbocycles. The van der Waals surface area contributed by atoms with E-state index in [2.05, 4.69) is 26.5 Å². The van der Waals surface area contributed by atoms with E-state index < -0.39 is 36.0 Å². The Kier molecular flexibility index (Phi) is 9.30. The fourth-order valence-corrected chi connectivity index (χ4v) is 6.56. The quantitative estimate of drug-likeness (QED) is 0.171. The number of ether oxygens (including phenoxy) is 5. The molecule has 0 amide bonds. The zero-order valence-corrected chi connectivity index (χ0v) is 24.1. The maximum atomic E-state index is 12.9. The summed E-state index contributed by atoms with van der Waals surface area (Å²) in [5.74, 6) is -1.56. The van der Waals surface area contributed by atoms with Gasteiger partial charge in [0.15, 0.2) is 0 Å². The molecule has 38 heavy (non-hydrogen) atoms. The minimum absolute atomic E-state index is 0.197. The Morgan fingerprint density at radius 2 is 1.82 bits per heavy atom. The Morgan fingerprint density at radius 1 is 1.16 bits per heavy atom. The summed E-state index contributed by atoms with van der Waals surface area (Å²) in [4.78, 5) is 37.3. The molecule has 8 nitrogen and oxygen atoms in total. The first-order valence-corrected chi connectivity index (χ1v) is 13.6. The number of carbonyl (C=O) groups is 3. The minimum Gasteiger partial charge on any atom is -0.458 e. The summed E-state index contributed by atoms with van der Waals surface area (Å²) in [6.07, 6.45) is 5.30. The van der Waals surface area contributed by atoms with Crippen LogP contribution in [0.3, 0.4) is 0 Å². The fourth-order valence-electron chi connectivity index (χ4n) is 6.56. The summed E-state index contributed by atoms with van der Waals surface area (Å²) >= 11 is 0. The first-order valence-electron chi connectivity index (χ1n) is 13.6. The van der Waals surface area contributed by atoms with Crippen molar-refractivity contribution in [3.8, 4) is 0 Å². The maximum absolute atomic E-state index is 12.9. The van der Waals surface area contributed by atoms with Crippen LogP contribution in [0.2, 0.25) is 0 Å². The summed E-state index contributed by atoms with van der Waals surface area (Å²) in [5.41, 5.74) is 0.431. The van der Waals surface area contributed by atoms with Gasteiger partial charge in [-0.2, -0.15) is 0 Å². The van der Waals surface area contributed by atoms with Gasteiger partial charge in [-0.15, -0.1) is 0 Å². The van der Waals surface area contributed by atoms with E-state index in [9.17, 15) is 14.4 Å². The summed E-state index contributed by atoms with van der Waals surface area (Å²) < 4.78 is 29.8. The van der Waals surface area contributed by atoms with E-state index in [1.807, 2.05) is 32.9 Å². The minimum atomic E-state index is -1.09. The van der Waals surface area contributed by atoms with E-state index in [1.165, 1.54) is 13.8 Å². The average molecular weight is 533 g/mol. The maximum Gasteiger partial charge on any atom is 0.309 e. The molecule has 0 radical (unpaired) electrons. The highest BCUT2D eigenvalue weighted by atomic mass is 16.8. The van der Waals surface area contributed by atoms with Crippen LogP contribution >= 0.6 is 0 Å². The topological polar surface area (TPSA) is 97.4 Å². The van der Waals surface area contributed by atoms with E-state index in [1.54, 1.807) is 7.11 Å². The Morgan fingerprint density at radius 3 is 2.37 bits per heavy atom. The molecule has 3 unspecified atom stereocenters. The molecule has 0 aromatic carbocycles. The zero-order valence-electron chi connectivity index (χ0n) is 24.1. The lowest BCUT2D eigenvalue weighted by molar-refractivity contribution is -0.257. The standard InChI is InChI=1S/C30H44O8/c1-10-17(3)12-13-29(8)19(5)14-25(34-9)30-23(27(35-20(6)31)38-28(30)36-21(7)32)15-22(16-24(29)30)37-26(33)18(4)11-2/h10,12,15,18-19,22,24-25,27-28H,1,11,13-14,16H2,2-9H3/b17-12+/t18?,19-,22+,24+,25+,27?,28?,29-,30-/m1/s1. The SMILES string of the molecule is C=C/C(C)=C/C[C@]1(C)[C@H](C)C[C@H](OC)[C@@]23C(=C[C@H](OC(=O)C(C)CC)C[C@@H]12)C(OC(C)=O)OC3OC(C)=O. The molecule has 3 aliphatic rings. The Labute approximate surface area is 226 Å². The molecule has 2 fully saturated rings. The molecule has 8 heteroatoms. The van der Waals surface area contributed by atoms with Crippen LogP contribution in [0, 0.1) is 28.6 Å². The molecule has 212 valence electrons. The van der Waals surface area contributed by atoms with Crippen molar-refractivity contribution in [3.05, 3.63) is 36.0 Å². The van der Waals surface area contributed by atoms with Crippen molar-refractivity contribution in [1.29, 1.82) is 0 Å². The molecule has 1 heterocycles. The molecule has 0 bridgehead atoms. The first-order chi connectivity index (χ1) is 17.8. The van der Waals surface area contributed by atoms with Gasteiger partial charge in [0, 0.05) is 26.5 Å². The van der Waals surface area contributed by atoms with Crippen molar-refractivity contribution in [2.24, 2.45) is 28.6 Å². The molecule has 0 aromatic rings. The molecule has 9 atom stereocenters. The predicted octanol–water partition coefficient (Wildman–Crippen LogP) is 5.27. The van der Waals surface area contributed by atoms with Gasteiger partial charge in [-0.25, -0.2) is 0 Å². The van der Waals surface area contributed by atoms with Crippen LogP contribution in [0.4, 0.5) is 0 Å². The first kappa shape index (κ1) is 30.1. The Balaban J connectivity index is 2.25. The van der Waals surface area contributed by atoms with Crippen molar-refractivity contribution in [2.75, 3.05) is 7.11 Å². The predicted molar refractivity (Wildman–Crippen MR) is 141 cm³/mol. The second-order valence-electron chi connectivity index (χ2n) is 11.4. The average Bonchev–Trinajstić information content (AvgIpc) is 3.15. The molecular formula is C30H44O8. The summed E-state index contributed by atoms with van der Waals surface area (Å²) in [5, 5.41) is 0. The number of hydrogen-bond acceptors (Lipinski definition) is 8. The Hall–Kier alpha value is -2.45. The number of rotatable bonds is 9. The van der Waals surface area contributed by atoms with Gasteiger partial charge < -0.3 is 18.9 Å². The van der Waals surface area contributed by atoms with Crippen molar-refractivity contribution in [3.63, 3.8) is 0 Å². The van der Waals surface area contributed by atoms with Gasteiger partial charge in [-0.3, -0.25) is 19.1 Å². The second-order valence-corrected chi connectivity index (χ2v) is 11.4. The van der Waals surface area contributed by atoms with E-state index in [-0.39, 0.29) is 35.2 Å². The van der Waals surface area contributed by atoms with Crippen LogP contribution in [0.15, 0.2) is 36.0 Å². The summed E-state index contributed by atoms with van der Waals surface area (Å²) in [6, 6.07) is 0. The number of hydrogen-bond donors (Lipinski definition) is 0. The van der Waals surface area contributed by atoms with E-state index in [4.69, 9.17) is 23.7 Å². The van der Waals surface area contributed by atoms with Crippen molar-refractivity contribution in [1.82, 2.24) is 0 Å². The molecule has 0 aromatic heterocycles. The van der Waals surface area contributed by atoms with Crippen LogP contribution in [-0.2, 0) is 38.1 Å². The van der Waals surface area contributed by atoms with Crippen LogP contribution in [-0.4, -0.2) is 49.8 Å². The third-order valence-electron chi connectivity index (χ3n) is 9.12. The fraction of sp³-hybridized carbons (Fsp3) is 0.700. The van der Waals surface area contributed by atoms with Gasteiger partial charge in [0.25, 0.3) is 0 Å². The van der Waals surface area contributed by atoms with E-state index in [0.29, 0.717) is 24.8 Å². The molecule has 1 spiro atoms. The van der Waals surface area contributed by atoms with E-state index >= 15 is 0 Å².